The molecule has 0 saturated carbocycles. The van der Waals surface area contributed by atoms with Crippen LogP contribution in [-0.2, 0) is 11.3 Å². The van der Waals surface area contributed by atoms with E-state index in [0.29, 0.717) is 17.0 Å². The quantitative estimate of drug-likeness (QED) is 0.376. The van der Waals surface area contributed by atoms with Crippen LogP contribution >= 0.6 is 0 Å². The molecule has 5 rings (SSSR count). The molecule has 0 fully saturated rings. The number of nitrogens with zero attached hydrogens (tertiary/aromatic N) is 4. The van der Waals surface area contributed by atoms with Gasteiger partial charge < -0.3 is 15.8 Å². The number of fused-ring (bicyclic) bond motifs is 1. The van der Waals surface area contributed by atoms with Crippen LogP contribution in [0.2, 0.25) is 0 Å². The lowest BCUT2D eigenvalue weighted by Gasteiger charge is -2.27. The maximum Gasteiger partial charge on any atom is 0.229 e. The van der Waals surface area contributed by atoms with Crippen molar-refractivity contribution >= 4 is 17.2 Å². The van der Waals surface area contributed by atoms with Crippen LogP contribution in [0.3, 0.4) is 0 Å². The van der Waals surface area contributed by atoms with E-state index in [4.69, 9.17) is 10.5 Å². The zero-order chi connectivity index (χ0) is 24.5. The van der Waals surface area contributed by atoms with Gasteiger partial charge in [-0.2, -0.15) is 9.61 Å². The monoisotopic (exact) mass is 476 g/mol. The SMILES string of the molecule is COCc1cc(F)c(-c2ccc3cnc(Nc4cnccc4[C@@H]4CC(C)=C[C@H](N)C4)n3n2)c(F)c1. The number of allylic oxidation sites excluding steroid dienone is 1. The van der Waals surface area contributed by atoms with Crippen LogP contribution in [0.15, 0.2) is 60.6 Å². The Hall–Kier alpha value is -3.69. The zero-order valence-electron chi connectivity index (χ0n) is 19.5. The van der Waals surface area contributed by atoms with Crippen molar-refractivity contribution < 1.29 is 13.5 Å². The third-order valence-electron chi connectivity index (χ3n) is 6.22. The number of rotatable bonds is 6. The summed E-state index contributed by atoms with van der Waals surface area (Å²) in [7, 11) is 1.47. The highest BCUT2D eigenvalue weighted by Gasteiger charge is 2.23. The fourth-order valence-electron chi connectivity index (χ4n) is 4.75. The minimum atomic E-state index is -0.704. The second-order valence-corrected chi connectivity index (χ2v) is 8.91. The molecular weight excluding hydrogens is 450 g/mol. The molecule has 4 aromatic rings. The predicted octanol–water partition coefficient (Wildman–Crippen LogP) is 5.11. The summed E-state index contributed by atoms with van der Waals surface area (Å²) in [6, 6.07) is 7.81. The molecule has 7 nitrogen and oxygen atoms in total. The molecule has 0 saturated heterocycles. The number of benzene rings is 1. The number of hydrogen-bond donors (Lipinski definition) is 2. The van der Waals surface area contributed by atoms with Gasteiger partial charge in [-0.1, -0.05) is 11.6 Å². The number of hydrogen-bond acceptors (Lipinski definition) is 6. The van der Waals surface area contributed by atoms with Crippen LogP contribution in [0.1, 0.15) is 36.8 Å². The van der Waals surface area contributed by atoms with Gasteiger partial charge in [0.2, 0.25) is 5.95 Å². The number of nitrogens with one attached hydrogen (secondary N) is 1. The Morgan fingerprint density at radius 1 is 1.17 bits per heavy atom. The highest BCUT2D eigenvalue weighted by atomic mass is 19.1. The van der Waals surface area contributed by atoms with E-state index in [1.807, 2.05) is 6.07 Å². The number of aromatic nitrogens is 4. The highest BCUT2D eigenvalue weighted by molar-refractivity contribution is 5.66. The van der Waals surface area contributed by atoms with Gasteiger partial charge in [0.05, 0.1) is 41.5 Å². The van der Waals surface area contributed by atoms with Gasteiger partial charge in [0.1, 0.15) is 11.6 Å². The number of methoxy groups -OCH3 is 1. The van der Waals surface area contributed by atoms with Crippen molar-refractivity contribution in [3.05, 3.63) is 83.3 Å². The Kier molecular flexibility index (Phi) is 6.27. The van der Waals surface area contributed by atoms with Gasteiger partial charge >= 0.3 is 0 Å². The van der Waals surface area contributed by atoms with Crippen LogP contribution < -0.4 is 11.1 Å². The lowest BCUT2D eigenvalue weighted by Crippen LogP contribution is -2.25. The molecule has 0 amide bonds. The van der Waals surface area contributed by atoms with Crippen molar-refractivity contribution in [1.82, 2.24) is 19.6 Å². The minimum Gasteiger partial charge on any atom is -0.380 e. The van der Waals surface area contributed by atoms with Gasteiger partial charge in [-0.25, -0.2) is 13.8 Å². The van der Waals surface area contributed by atoms with E-state index in [2.05, 4.69) is 33.4 Å². The Bertz CT molecular complexity index is 1390. The Balaban J connectivity index is 1.51. The summed E-state index contributed by atoms with van der Waals surface area (Å²) in [5, 5.41) is 7.81. The molecule has 9 heteroatoms. The normalized spacial score (nSPS) is 18.0. The topological polar surface area (TPSA) is 90.4 Å². The van der Waals surface area contributed by atoms with Gasteiger partial charge in [-0.15, -0.1) is 0 Å². The summed E-state index contributed by atoms with van der Waals surface area (Å²) >= 11 is 0. The predicted molar refractivity (Wildman–Crippen MR) is 130 cm³/mol. The van der Waals surface area contributed by atoms with Crippen LogP contribution in [0.4, 0.5) is 20.4 Å². The smallest absolute Gasteiger partial charge is 0.229 e. The summed E-state index contributed by atoms with van der Waals surface area (Å²) in [5.41, 5.74) is 10.4. The standard InChI is InChI=1S/C26H26F2N6O/c1-15-7-17(11-18(29)8-15)20-5-6-30-13-24(20)32-26-31-12-19-3-4-23(33-34(19)26)25-21(27)9-16(14-35-2)10-22(25)28/h3-6,8-10,12-13,17-18H,7,11,14,29H2,1-2H3,(H,31,32)/t17-,18+/m1/s1. The number of anilines is 2. The van der Waals surface area contributed by atoms with E-state index in [1.165, 1.54) is 29.3 Å². The lowest BCUT2D eigenvalue weighted by atomic mass is 9.82. The van der Waals surface area contributed by atoms with Crippen LogP contribution in [0, 0.1) is 11.6 Å². The maximum atomic E-state index is 14.8. The highest BCUT2D eigenvalue weighted by Crippen LogP contribution is 2.36. The Morgan fingerprint density at radius 3 is 2.71 bits per heavy atom. The van der Waals surface area contributed by atoms with E-state index in [1.54, 1.807) is 30.7 Å². The van der Waals surface area contributed by atoms with Crippen molar-refractivity contribution in [1.29, 1.82) is 0 Å². The summed E-state index contributed by atoms with van der Waals surface area (Å²) in [6.45, 7) is 2.21. The van der Waals surface area contributed by atoms with Crippen molar-refractivity contribution in [3.63, 3.8) is 0 Å². The van der Waals surface area contributed by atoms with Gasteiger partial charge in [0, 0.05) is 19.3 Å². The first-order valence-electron chi connectivity index (χ1n) is 11.4. The van der Waals surface area contributed by atoms with Crippen molar-refractivity contribution in [3.8, 4) is 11.3 Å². The molecule has 1 aromatic carbocycles. The number of nitrogens with two attached hydrogens (primary N) is 1. The van der Waals surface area contributed by atoms with Gasteiger partial charge in [0.25, 0.3) is 0 Å². The Labute approximate surface area is 201 Å². The van der Waals surface area contributed by atoms with Crippen LogP contribution in [0.5, 0.6) is 0 Å². The molecular formula is C26H26F2N6O. The first kappa shape index (κ1) is 23.1. The molecule has 1 aliphatic carbocycles. The van der Waals surface area contributed by atoms with E-state index < -0.39 is 11.6 Å². The van der Waals surface area contributed by atoms with Gasteiger partial charge in [-0.3, -0.25) is 4.98 Å². The molecule has 0 radical (unpaired) electrons. The molecule has 2 atom stereocenters. The molecule has 3 aromatic heterocycles. The average molecular weight is 477 g/mol. The fourth-order valence-corrected chi connectivity index (χ4v) is 4.75. The fraction of sp³-hybridized carbons (Fsp3) is 0.269. The molecule has 35 heavy (non-hydrogen) atoms. The van der Waals surface area contributed by atoms with E-state index in [9.17, 15) is 8.78 Å². The lowest BCUT2D eigenvalue weighted by molar-refractivity contribution is 0.184. The largest absolute Gasteiger partial charge is 0.380 e. The molecule has 0 bridgehead atoms. The first-order chi connectivity index (χ1) is 16.9. The second kappa shape index (κ2) is 9.52. The number of imidazole rings is 1. The minimum absolute atomic E-state index is 0.00585. The third-order valence-corrected chi connectivity index (χ3v) is 6.22. The van der Waals surface area contributed by atoms with Crippen molar-refractivity contribution in [2.24, 2.45) is 5.73 Å². The van der Waals surface area contributed by atoms with Crippen LogP contribution in [-0.4, -0.2) is 32.7 Å². The molecule has 1 aliphatic rings. The number of halogens is 2. The summed E-state index contributed by atoms with van der Waals surface area (Å²) in [5.74, 6) is -0.750. The Morgan fingerprint density at radius 2 is 1.97 bits per heavy atom. The molecule has 0 unspecified atom stereocenters. The van der Waals surface area contributed by atoms with E-state index in [-0.39, 0.29) is 29.8 Å². The van der Waals surface area contributed by atoms with Crippen molar-refractivity contribution in [2.75, 3.05) is 12.4 Å². The average Bonchev–Trinajstić information content (AvgIpc) is 3.21. The zero-order valence-corrected chi connectivity index (χ0v) is 19.5. The molecule has 0 aliphatic heterocycles. The summed E-state index contributed by atoms with van der Waals surface area (Å²) in [6.07, 6.45) is 9.00. The summed E-state index contributed by atoms with van der Waals surface area (Å²) < 4.78 is 36.1. The number of ether oxygens (including phenoxy) is 1. The van der Waals surface area contributed by atoms with Gasteiger partial charge in [0.15, 0.2) is 0 Å². The second-order valence-electron chi connectivity index (χ2n) is 8.91. The number of pyridine rings is 1. The first-order valence-corrected chi connectivity index (χ1v) is 11.4. The van der Waals surface area contributed by atoms with E-state index in [0.717, 1.165) is 24.1 Å². The van der Waals surface area contributed by atoms with Gasteiger partial charge in [-0.05, 0) is 67.1 Å². The van der Waals surface area contributed by atoms with Crippen LogP contribution in [0.25, 0.3) is 16.8 Å². The van der Waals surface area contributed by atoms with E-state index >= 15 is 0 Å². The third kappa shape index (κ3) is 4.65. The molecule has 3 heterocycles. The molecule has 180 valence electrons. The van der Waals surface area contributed by atoms with Crippen molar-refractivity contribution in [2.45, 2.75) is 38.3 Å². The maximum absolute atomic E-state index is 14.8. The summed E-state index contributed by atoms with van der Waals surface area (Å²) in [4.78, 5) is 8.72. The molecule has 0 spiro atoms. The molecule has 3 N–H and O–H groups in total.